The number of piperidine rings is 1. The Hall–Kier alpha value is -0.340. The van der Waals surface area contributed by atoms with Crippen LogP contribution in [-0.2, 0) is 6.42 Å². The lowest BCUT2D eigenvalue weighted by Crippen LogP contribution is -2.46. The number of thiophene rings is 1. The van der Waals surface area contributed by atoms with Crippen LogP contribution < -0.4 is 10.6 Å². The van der Waals surface area contributed by atoms with Crippen molar-refractivity contribution in [3.8, 4) is 0 Å². The molecule has 2 atom stereocenters. The molecule has 0 aliphatic carbocycles. The van der Waals surface area contributed by atoms with Gasteiger partial charge in [-0.3, -0.25) is 4.99 Å². The van der Waals surface area contributed by atoms with Gasteiger partial charge in [0.15, 0.2) is 5.96 Å². The summed E-state index contributed by atoms with van der Waals surface area (Å²) in [6, 6.07) is 5.01. The molecular weight excluding hydrogens is 455 g/mol. The molecule has 150 valence electrons. The highest BCUT2D eigenvalue weighted by Gasteiger charge is 2.21. The maximum atomic E-state index is 4.82. The number of guanidine groups is 1. The van der Waals surface area contributed by atoms with Gasteiger partial charge in [0, 0.05) is 37.1 Å². The lowest BCUT2D eigenvalue weighted by atomic mass is 9.97. The van der Waals surface area contributed by atoms with E-state index in [1.807, 2.05) is 11.3 Å². The van der Waals surface area contributed by atoms with E-state index in [4.69, 9.17) is 4.99 Å². The second kappa shape index (κ2) is 12.9. The Morgan fingerprint density at radius 1 is 1.35 bits per heavy atom. The fourth-order valence-corrected chi connectivity index (χ4v) is 4.27. The number of hydrogen-bond donors (Lipinski definition) is 2. The van der Waals surface area contributed by atoms with Crippen LogP contribution in [0, 0.1) is 11.8 Å². The van der Waals surface area contributed by atoms with Gasteiger partial charge in [-0.05, 0) is 69.9 Å². The number of halogens is 1. The summed E-state index contributed by atoms with van der Waals surface area (Å²) in [6.45, 7) is 14.3. The molecule has 1 aromatic rings. The zero-order valence-corrected chi connectivity index (χ0v) is 20.0. The van der Waals surface area contributed by atoms with Gasteiger partial charge in [0.2, 0.25) is 0 Å². The zero-order chi connectivity index (χ0) is 18.1. The molecule has 0 spiro atoms. The van der Waals surface area contributed by atoms with Crippen LogP contribution in [0.1, 0.15) is 45.4 Å². The summed E-state index contributed by atoms with van der Waals surface area (Å²) in [5, 5.41) is 9.13. The van der Waals surface area contributed by atoms with Crippen LogP contribution >= 0.6 is 35.3 Å². The van der Waals surface area contributed by atoms with Gasteiger partial charge in [0.05, 0.1) is 0 Å². The van der Waals surface area contributed by atoms with Crippen molar-refractivity contribution in [2.45, 2.75) is 53.0 Å². The van der Waals surface area contributed by atoms with Crippen molar-refractivity contribution in [3.63, 3.8) is 0 Å². The number of nitrogens with one attached hydrogen (secondary N) is 2. The summed E-state index contributed by atoms with van der Waals surface area (Å²) >= 11 is 1.84. The predicted molar refractivity (Wildman–Crippen MR) is 126 cm³/mol. The summed E-state index contributed by atoms with van der Waals surface area (Å²) in [7, 11) is 0. The predicted octanol–water partition coefficient (Wildman–Crippen LogP) is 4.22. The van der Waals surface area contributed by atoms with E-state index in [2.05, 4.69) is 60.7 Å². The van der Waals surface area contributed by atoms with Gasteiger partial charge in [-0.1, -0.05) is 13.0 Å². The number of hydrogen-bond acceptors (Lipinski definition) is 3. The zero-order valence-electron chi connectivity index (χ0n) is 16.8. The molecule has 2 N–H and O–H groups in total. The van der Waals surface area contributed by atoms with Crippen molar-refractivity contribution < 1.29 is 0 Å². The summed E-state index contributed by atoms with van der Waals surface area (Å²) in [6.07, 6.45) is 3.76. The van der Waals surface area contributed by atoms with E-state index in [1.165, 1.54) is 30.8 Å². The fourth-order valence-electron chi connectivity index (χ4n) is 3.40. The quantitative estimate of drug-likeness (QED) is 0.324. The van der Waals surface area contributed by atoms with Crippen molar-refractivity contribution in [2.75, 3.05) is 32.7 Å². The summed E-state index contributed by atoms with van der Waals surface area (Å²) in [5.41, 5.74) is 0. The molecule has 2 unspecified atom stereocenters. The summed E-state index contributed by atoms with van der Waals surface area (Å²) in [5.74, 6) is 2.27. The largest absolute Gasteiger partial charge is 0.357 e. The Balaban J connectivity index is 0.00000338. The first-order valence-electron chi connectivity index (χ1n) is 9.87. The Bertz CT molecular complexity index is 504. The second-order valence-electron chi connectivity index (χ2n) is 7.59. The summed E-state index contributed by atoms with van der Waals surface area (Å²) in [4.78, 5) is 8.87. The lowest BCUT2D eigenvalue weighted by Gasteiger charge is -2.35. The van der Waals surface area contributed by atoms with E-state index in [1.54, 1.807) is 0 Å². The van der Waals surface area contributed by atoms with Crippen LogP contribution in [0.4, 0.5) is 0 Å². The molecule has 6 heteroatoms. The van der Waals surface area contributed by atoms with E-state index in [0.29, 0.717) is 12.0 Å². The number of aliphatic imine (C=N–C) groups is 1. The smallest absolute Gasteiger partial charge is 0.191 e. The van der Waals surface area contributed by atoms with Gasteiger partial charge in [-0.15, -0.1) is 35.3 Å². The van der Waals surface area contributed by atoms with Crippen LogP contribution in [0.2, 0.25) is 0 Å². The highest BCUT2D eigenvalue weighted by atomic mass is 127. The number of likely N-dealkylation sites (tertiary alicyclic amines) is 1. The van der Waals surface area contributed by atoms with E-state index in [-0.39, 0.29) is 24.0 Å². The number of rotatable bonds is 8. The molecule has 0 saturated carbocycles. The molecule has 0 amide bonds. The molecule has 1 aliphatic rings. The van der Waals surface area contributed by atoms with Gasteiger partial charge in [-0.25, -0.2) is 0 Å². The standard InChI is InChI=1S/C20H36N4S.HI/c1-5-21-20(22-13-17(4)12-19-9-7-11-25-19)23-14-18-8-6-10-24(15-18)16(2)3;/h7,9,11,16-18H,5-6,8,10,12-15H2,1-4H3,(H2,21,22,23);1H. The molecule has 1 saturated heterocycles. The third-order valence-electron chi connectivity index (χ3n) is 4.87. The molecule has 0 bridgehead atoms. The van der Waals surface area contributed by atoms with Crippen LogP contribution in [0.25, 0.3) is 0 Å². The minimum Gasteiger partial charge on any atom is -0.357 e. The van der Waals surface area contributed by atoms with Crippen molar-refractivity contribution in [1.82, 2.24) is 15.5 Å². The van der Waals surface area contributed by atoms with Crippen LogP contribution in [0.15, 0.2) is 22.5 Å². The molecule has 2 rings (SSSR count). The average Bonchev–Trinajstić information content (AvgIpc) is 3.10. The highest BCUT2D eigenvalue weighted by molar-refractivity contribution is 14.0. The highest BCUT2D eigenvalue weighted by Crippen LogP contribution is 2.18. The number of nitrogens with zero attached hydrogens (tertiary/aromatic N) is 2. The minimum atomic E-state index is 0. The Kier molecular flexibility index (Phi) is 11.8. The molecular formula is C20H37IN4S. The third-order valence-corrected chi connectivity index (χ3v) is 5.77. The molecule has 0 radical (unpaired) electrons. The first-order chi connectivity index (χ1) is 12.1. The van der Waals surface area contributed by atoms with Crippen LogP contribution in [0.3, 0.4) is 0 Å². The van der Waals surface area contributed by atoms with Gasteiger partial charge in [0.1, 0.15) is 0 Å². The third kappa shape index (κ3) is 8.57. The monoisotopic (exact) mass is 492 g/mol. The maximum Gasteiger partial charge on any atom is 0.191 e. The van der Waals surface area contributed by atoms with Crippen LogP contribution in [0.5, 0.6) is 0 Å². The lowest BCUT2D eigenvalue weighted by molar-refractivity contribution is 0.141. The van der Waals surface area contributed by atoms with E-state index in [0.717, 1.165) is 37.9 Å². The topological polar surface area (TPSA) is 39.7 Å². The van der Waals surface area contributed by atoms with Gasteiger partial charge < -0.3 is 15.5 Å². The van der Waals surface area contributed by atoms with Gasteiger partial charge >= 0.3 is 0 Å². The molecule has 1 aromatic heterocycles. The fraction of sp³-hybridized carbons (Fsp3) is 0.750. The first-order valence-corrected chi connectivity index (χ1v) is 10.7. The van der Waals surface area contributed by atoms with Gasteiger partial charge in [-0.2, -0.15) is 0 Å². The Morgan fingerprint density at radius 3 is 2.81 bits per heavy atom. The molecule has 26 heavy (non-hydrogen) atoms. The normalized spacial score (nSPS) is 19.9. The van der Waals surface area contributed by atoms with Crippen molar-refractivity contribution in [2.24, 2.45) is 16.8 Å². The maximum absolute atomic E-state index is 4.82. The van der Waals surface area contributed by atoms with Crippen molar-refractivity contribution in [1.29, 1.82) is 0 Å². The molecule has 4 nitrogen and oxygen atoms in total. The molecule has 1 fully saturated rings. The Morgan fingerprint density at radius 2 is 2.15 bits per heavy atom. The molecule has 1 aliphatic heterocycles. The SMILES string of the molecule is CCNC(=NCC(C)Cc1cccs1)NCC1CCCN(C(C)C)C1.I. The average molecular weight is 493 g/mol. The first kappa shape index (κ1) is 23.7. The van der Waals surface area contributed by atoms with Crippen LogP contribution in [-0.4, -0.2) is 49.6 Å². The van der Waals surface area contributed by atoms with Crippen molar-refractivity contribution in [3.05, 3.63) is 22.4 Å². The second-order valence-corrected chi connectivity index (χ2v) is 8.62. The van der Waals surface area contributed by atoms with E-state index in [9.17, 15) is 0 Å². The molecule has 2 heterocycles. The van der Waals surface area contributed by atoms with Gasteiger partial charge in [0.25, 0.3) is 0 Å². The minimum absolute atomic E-state index is 0. The Labute approximate surface area is 181 Å². The van der Waals surface area contributed by atoms with E-state index < -0.39 is 0 Å². The molecule has 0 aromatic carbocycles. The van der Waals surface area contributed by atoms with Crippen molar-refractivity contribution >= 4 is 41.3 Å². The summed E-state index contributed by atoms with van der Waals surface area (Å²) < 4.78 is 0. The van der Waals surface area contributed by atoms with E-state index >= 15 is 0 Å².